The van der Waals surface area contributed by atoms with E-state index in [1.165, 1.54) is 6.92 Å². The maximum absolute atomic E-state index is 10.9. The van der Waals surface area contributed by atoms with Gasteiger partial charge in [-0.1, -0.05) is 37.8 Å². The molecule has 3 heteroatoms. The Morgan fingerprint density at radius 1 is 1.35 bits per heavy atom. The summed E-state index contributed by atoms with van der Waals surface area (Å²) in [5.74, 6) is 5.66. The average molecular weight is 232 g/mol. The predicted molar refractivity (Wildman–Crippen MR) is 65.5 cm³/mol. The van der Waals surface area contributed by atoms with Crippen molar-refractivity contribution in [3.8, 4) is 17.6 Å². The van der Waals surface area contributed by atoms with Crippen LogP contribution < -0.4 is 4.74 Å². The van der Waals surface area contributed by atoms with Crippen molar-refractivity contribution in [2.75, 3.05) is 0 Å². The Morgan fingerprint density at radius 3 is 2.59 bits per heavy atom. The number of carbonyl (C=O) groups is 1. The number of ether oxygens (including phenoxy) is 1. The Balaban J connectivity index is 2.94. The molecular weight excluding hydrogens is 216 g/mol. The van der Waals surface area contributed by atoms with Crippen molar-refractivity contribution >= 4 is 5.97 Å². The molecule has 1 rings (SSSR count). The average Bonchev–Trinajstić information content (AvgIpc) is 2.26. The molecule has 0 aliphatic heterocycles. The standard InChI is InChI=1S/C14H16O3/c1-10(2)13(16)9-8-12-6-4-5-7-14(12)17-11(3)15/h4-7,10,13,16H,1-3H3. The van der Waals surface area contributed by atoms with E-state index in [0.29, 0.717) is 11.3 Å². The quantitative estimate of drug-likeness (QED) is 0.482. The van der Waals surface area contributed by atoms with Gasteiger partial charge < -0.3 is 9.84 Å². The van der Waals surface area contributed by atoms with Gasteiger partial charge in [0.1, 0.15) is 11.9 Å². The summed E-state index contributed by atoms with van der Waals surface area (Å²) in [4.78, 5) is 10.9. The van der Waals surface area contributed by atoms with Gasteiger partial charge in [-0.05, 0) is 18.1 Å². The van der Waals surface area contributed by atoms with Crippen molar-refractivity contribution in [1.29, 1.82) is 0 Å². The Bertz CT molecular complexity index is 452. The number of aliphatic hydroxyl groups excluding tert-OH is 1. The van der Waals surface area contributed by atoms with Crippen LogP contribution in [-0.2, 0) is 4.79 Å². The highest BCUT2D eigenvalue weighted by molar-refractivity contribution is 5.70. The van der Waals surface area contributed by atoms with Gasteiger partial charge in [0.2, 0.25) is 0 Å². The molecule has 1 aromatic carbocycles. The molecule has 0 saturated carbocycles. The van der Waals surface area contributed by atoms with Crippen molar-refractivity contribution in [3.05, 3.63) is 29.8 Å². The monoisotopic (exact) mass is 232 g/mol. The second-order valence-corrected chi connectivity index (χ2v) is 4.05. The highest BCUT2D eigenvalue weighted by Gasteiger charge is 2.06. The molecule has 1 aromatic rings. The van der Waals surface area contributed by atoms with Crippen LogP contribution in [-0.4, -0.2) is 17.2 Å². The molecule has 17 heavy (non-hydrogen) atoms. The molecule has 0 bridgehead atoms. The molecule has 1 N–H and O–H groups in total. The minimum atomic E-state index is -0.680. The zero-order chi connectivity index (χ0) is 12.8. The highest BCUT2D eigenvalue weighted by Crippen LogP contribution is 2.16. The zero-order valence-corrected chi connectivity index (χ0v) is 10.2. The third-order valence-corrected chi connectivity index (χ3v) is 2.13. The zero-order valence-electron chi connectivity index (χ0n) is 10.2. The van der Waals surface area contributed by atoms with Crippen molar-refractivity contribution in [3.63, 3.8) is 0 Å². The third-order valence-electron chi connectivity index (χ3n) is 2.13. The predicted octanol–water partition coefficient (Wildman–Crippen LogP) is 1.98. The summed E-state index contributed by atoms with van der Waals surface area (Å²) in [5.41, 5.74) is 0.599. The van der Waals surface area contributed by atoms with Gasteiger partial charge in [-0.3, -0.25) is 4.79 Å². The first-order chi connectivity index (χ1) is 8.00. The summed E-state index contributed by atoms with van der Waals surface area (Å²) >= 11 is 0. The van der Waals surface area contributed by atoms with Crippen molar-refractivity contribution in [2.24, 2.45) is 5.92 Å². The molecule has 0 spiro atoms. The first-order valence-electron chi connectivity index (χ1n) is 5.47. The lowest BCUT2D eigenvalue weighted by molar-refractivity contribution is -0.131. The fraction of sp³-hybridized carbons (Fsp3) is 0.357. The molecule has 0 saturated heterocycles. The SMILES string of the molecule is CC(=O)Oc1ccccc1C#CC(O)C(C)C. The number of hydrogen-bond acceptors (Lipinski definition) is 3. The van der Waals surface area contributed by atoms with Crippen LogP contribution >= 0.6 is 0 Å². The van der Waals surface area contributed by atoms with E-state index >= 15 is 0 Å². The van der Waals surface area contributed by atoms with E-state index in [2.05, 4.69) is 11.8 Å². The summed E-state index contributed by atoms with van der Waals surface area (Å²) in [7, 11) is 0. The topological polar surface area (TPSA) is 46.5 Å². The maximum Gasteiger partial charge on any atom is 0.308 e. The third kappa shape index (κ3) is 4.29. The molecule has 0 aliphatic carbocycles. The van der Waals surface area contributed by atoms with E-state index in [1.807, 2.05) is 13.8 Å². The van der Waals surface area contributed by atoms with Gasteiger partial charge in [0.25, 0.3) is 0 Å². The van der Waals surface area contributed by atoms with Crippen LogP contribution in [0.3, 0.4) is 0 Å². The van der Waals surface area contributed by atoms with Gasteiger partial charge in [0, 0.05) is 6.92 Å². The second-order valence-electron chi connectivity index (χ2n) is 4.05. The van der Waals surface area contributed by atoms with E-state index in [9.17, 15) is 9.90 Å². The van der Waals surface area contributed by atoms with E-state index in [0.717, 1.165) is 0 Å². The number of benzene rings is 1. The lowest BCUT2D eigenvalue weighted by atomic mass is 10.1. The first kappa shape index (κ1) is 13.3. The van der Waals surface area contributed by atoms with Crippen LogP contribution in [0, 0.1) is 17.8 Å². The number of esters is 1. The van der Waals surface area contributed by atoms with Gasteiger partial charge in [-0.2, -0.15) is 0 Å². The van der Waals surface area contributed by atoms with Crippen molar-refractivity contribution in [1.82, 2.24) is 0 Å². The normalized spacial score (nSPS) is 11.6. The number of para-hydroxylation sites is 1. The van der Waals surface area contributed by atoms with Gasteiger partial charge in [0.15, 0.2) is 0 Å². The van der Waals surface area contributed by atoms with E-state index in [-0.39, 0.29) is 11.9 Å². The molecule has 1 unspecified atom stereocenters. The summed E-state index contributed by atoms with van der Waals surface area (Å²) < 4.78 is 5.02. The molecule has 1 atom stereocenters. The minimum Gasteiger partial charge on any atom is -0.425 e. The van der Waals surface area contributed by atoms with Crippen LogP contribution in [0.5, 0.6) is 5.75 Å². The van der Waals surface area contributed by atoms with Gasteiger partial charge >= 0.3 is 5.97 Å². The summed E-state index contributed by atoms with van der Waals surface area (Å²) in [6, 6.07) is 6.99. The van der Waals surface area contributed by atoms with E-state index in [1.54, 1.807) is 24.3 Å². The highest BCUT2D eigenvalue weighted by atomic mass is 16.5. The Hall–Kier alpha value is -1.79. The van der Waals surface area contributed by atoms with Crippen LogP contribution in [0.4, 0.5) is 0 Å². The molecule has 3 nitrogen and oxygen atoms in total. The van der Waals surface area contributed by atoms with Gasteiger partial charge in [-0.15, -0.1) is 0 Å². The minimum absolute atomic E-state index is 0.0726. The van der Waals surface area contributed by atoms with E-state index < -0.39 is 6.10 Å². The summed E-state index contributed by atoms with van der Waals surface area (Å²) in [6.07, 6.45) is -0.680. The molecule has 0 heterocycles. The fourth-order valence-electron chi connectivity index (χ4n) is 1.13. The molecule has 0 fully saturated rings. The number of carbonyl (C=O) groups excluding carboxylic acids is 1. The number of aliphatic hydroxyl groups is 1. The van der Waals surface area contributed by atoms with Crippen LogP contribution in [0.25, 0.3) is 0 Å². The largest absolute Gasteiger partial charge is 0.425 e. The maximum atomic E-state index is 10.9. The Kier molecular flexibility index (Phi) is 4.74. The lowest BCUT2D eigenvalue weighted by Crippen LogP contribution is -2.11. The Labute approximate surface area is 101 Å². The molecule has 0 aromatic heterocycles. The van der Waals surface area contributed by atoms with Crippen molar-refractivity contribution < 1.29 is 14.6 Å². The summed E-state index contributed by atoms with van der Waals surface area (Å²) in [6.45, 7) is 5.11. The number of rotatable bonds is 2. The Morgan fingerprint density at radius 2 is 2.00 bits per heavy atom. The van der Waals surface area contributed by atoms with Crippen molar-refractivity contribution in [2.45, 2.75) is 26.9 Å². The number of hydrogen-bond donors (Lipinski definition) is 1. The van der Waals surface area contributed by atoms with Crippen LogP contribution in [0.15, 0.2) is 24.3 Å². The molecule has 90 valence electrons. The van der Waals surface area contributed by atoms with Gasteiger partial charge in [0.05, 0.1) is 5.56 Å². The van der Waals surface area contributed by atoms with E-state index in [4.69, 9.17) is 4.74 Å². The molecule has 0 radical (unpaired) electrons. The lowest BCUT2D eigenvalue weighted by Gasteiger charge is -2.06. The van der Waals surface area contributed by atoms with Crippen LogP contribution in [0.2, 0.25) is 0 Å². The molecule has 0 aliphatic rings. The smallest absolute Gasteiger partial charge is 0.308 e. The molecular formula is C14H16O3. The van der Waals surface area contributed by atoms with Gasteiger partial charge in [-0.25, -0.2) is 0 Å². The fourth-order valence-corrected chi connectivity index (χ4v) is 1.13. The first-order valence-corrected chi connectivity index (χ1v) is 5.47. The van der Waals surface area contributed by atoms with Crippen LogP contribution in [0.1, 0.15) is 26.3 Å². The second kappa shape index (κ2) is 6.07. The molecule has 0 amide bonds. The summed E-state index contributed by atoms with van der Waals surface area (Å²) in [5, 5.41) is 9.58.